The monoisotopic (exact) mass is 485 g/mol. The Morgan fingerprint density at radius 3 is 2.68 bits per heavy atom. The molecule has 184 valence electrons. The van der Waals surface area contributed by atoms with Crippen LogP contribution in [0.15, 0.2) is 52.3 Å². The van der Waals surface area contributed by atoms with Crippen LogP contribution in [0.25, 0.3) is 0 Å². The fourth-order valence-electron chi connectivity index (χ4n) is 4.78. The number of fused-ring (bicyclic) bond motifs is 1. The van der Waals surface area contributed by atoms with Crippen LogP contribution >= 0.6 is 0 Å². The molecule has 2 heterocycles. The van der Waals surface area contributed by atoms with Gasteiger partial charge in [-0.05, 0) is 86.7 Å². The lowest BCUT2D eigenvalue weighted by atomic mass is 9.94. The van der Waals surface area contributed by atoms with Crippen molar-refractivity contribution in [3.63, 3.8) is 0 Å². The van der Waals surface area contributed by atoms with Gasteiger partial charge in [-0.3, -0.25) is 4.79 Å². The first-order valence-corrected chi connectivity index (χ1v) is 13.7. The molecule has 2 aromatic carbocycles. The van der Waals surface area contributed by atoms with Gasteiger partial charge in [0.15, 0.2) is 0 Å². The molecule has 0 aromatic heterocycles. The van der Waals surface area contributed by atoms with Crippen LogP contribution in [-0.2, 0) is 21.2 Å². The van der Waals surface area contributed by atoms with E-state index in [1.165, 1.54) is 0 Å². The third-order valence-corrected chi connectivity index (χ3v) is 8.71. The molecule has 2 aliphatic rings. The number of carbonyl (C=O) groups is 1. The molecule has 2 saturated heterocycles. The molecule has 2 aromatic rings. The lowest BCUT2D eigenvalue weighted by Gasteiger charge is -2.25. The number of piperidine rings is 1. The van der Waals surface area contributed by atoms with Crippen molar-refractivity contribution in [3.05, 3.63) is 53.6 Å². The lowest BCUT2D eigenvalue weighted by Crippen LogP contribution is -2.45. The first-order valence-electron chi connectivity index (χ1n) is 12.2. The van der Waals surface area contributed by atoms with E-state index in [-0.39, 0.29) is 21.7 Å². The number of unbranched alkanes of at least 4 members (excludes halogenated alkanes) is 1. The fraction of sp³-hybridized carbons (Fsp3) is 0.500. The van der Waals surface area contributed by atoms with Crippen LogP contribution in [0.2, 0.25) is 0 Å². The molecule has 34 heavy (non-hydrogen) atoms. The van der Waals surface area contributed by atoms with Crippen LogP contribution in [-0.4, -0.2) is 46.1 Å². The second-order valence-electron chi connectivity index (χ2n) is 9.31. The zero-order chi connectivity index (χ0) is 24.1. The van der Waals surface area contributed by atoms with E-state index < -0.39 is 9.84 Å². The molecule has 8 heteroatoms. The Balaban J connectivity index is 1.35. The van der Waals surface area contributed by atoms with Gasteiger partial charge in [-0.2, -0.15) is 0 Å². The molecule has 2 aliphatic heterocycles. The number of hydrogen-bond donors (Lipinski definition) is 3. The molecule has 1 amide bonds. The molecular formula is C26H35N3O4S. The summed E-state index contributed by atoms with van der Waals surface area (Å²) in [5, 5.41) is 9.84. The predicted octanol–water partition coefficient (Wildman–Crippen LogP) is 2.96. The van der Waals surface area contributed by atoms with Crippen molar-refractivity contribution in [3.8, 4) is 5.75 Å². The van der Waals surface area contributed by atoms with Crippen molar-refractivity contribution >= 4 is 15.7 Å². The highest BCUT2D eigenvalue weighted by Gasteiger charge is 2.38. The molecule has 0 aliphatic carbocycles. The van der Waals surface area contributed by atoms with E-state index in [2.05, 4.69) is 22.9 Å². The van der Waals surface area contributed by atoms with Gasteiger partial charge in [0.2, 0.25) is 15.7 Å². The quantitative estimate of drug-likeness (QED) is 0.473. The third kappa shape index (κ3) is 5.62. The summed E-state index contributed by atoms with van der Waals surface area (Å²) in [5.74, 6) is 1.20. The molecule has 7 nitrogen and oxygen atoms in total. The molecule has 3 atom stereocenters. The average molecular weight is 486 g/mol. The highest BCUT2D eigenvalue weighted by molar-refractivity contribution is 7.91. The van der Waals surface area contributed by atoms with Crippen molar-refractivity contribution < 1.29 is 17.9 Å². The fourth-order valence-corrected chi connectivity index (χ4v) is 6.25. The first-order chi connectivity index (χ1) is 16.4. The van der Waals surface area contributed by atoms with Gasteiger partial charge in [-0.25, -0.2) is 8.42 Å². The number of hydrogen-bond acceptors (Lipinski definition) is 6. The van der Waals surface area contributed by atoms with Crippen molar-refractivity contribution in [2.75, 3.05) is 19.7 Å². The molecule has 0 bridgehead atoms. The van der Waals surface area contributed by atoms with Gasteiger partial charge in [0, 0.05) is 12.6 Å². The maximum absolute atomic E-state index is 13.2. The van der Waals surface area contributed by atoms with Gasteiger partial charge < -0.3 is 20.7 Å². The smallest absolute Gasteiger partial charge is 0.237 e. The maximum Gasteiger partial charge on any atom is 0.237 e. The predicted molar refractivity (Wildman–Crippen MR) is 132 cm³/mol. The highest BCUT2D eigenvalue weighted by Crippen LogP contribution is 2.28. The lowest BCUT2D eigenvalue weighted by molar-refractivity contribution is -0.123. The van der Waals surface area contributed by atoms with Crippen LogP contribution < -0.4 is 20.7 Å². The van der Waals surface area contributed by atoms with Gasteiger partial charge in [-0.1, -0.05) is 25.5 Å². The molecule has 3 unspecified atom stereocenters. The minimum Gasteiger partial charge on any atom is -0.494 e. The van der Waals surface area contributed by atoms with Crippen molar-refractivity contribution in [2.45, 2.75) is 68.0 Å². The zero-order valence-corrected chi connectivity index (χ0v) is 20.8. The summed E-state index contributed by atoms with van der Waals surface area (Å²) >= 11 is 0. The van der Waals surface area contributed by atoms with Crippen molar-refractivity contribution in [2.24, 2.45) is 5.92 Å². The van der Waals surface area contributed by atoms with E-state index in [4.69, 9.17) is 4.74 Å². The minimum absolute atomic E-state index is 0.00275. The number of ether oxygens (including phenoxy) is 1. The summed E-state index contributed by atoms with van der Waals surface area (Å²) in [6.45, 7) is 6.83. The molecule has 4 rings (SSSR count). The van der Waals surface area contributed by atoms with Crippen molar-refractivity contribution in [1.29, 1.82) is 0 Å². The van der Waals surface area contributed by atoms with Crippen LogP contribution in [0.1, 0.15) is 43.7 Å². The molecule has 3 N–H and O–H groups in total. The summed E-state index contributed by atoms with van der Waals surface area (Å²) < 4.78 is 32.0. The van der Waals surface area contributed by atoms with Crippen LogP contribution in [0.5, 0.6) is 5.75 Å². The second-order valence-corrected chi connectivity index (χ2v) is 11.2. The summed E-state index contributed by atoms with van der Waals surface area (Å²) in [7, 11) is -3.64. The van der Waals surface area contributed by atoms with Crippen LogP contribution in [0.3, 0.4) is 0 Å². The Labute approximate surface area is 202 Å². The minimum atomic E-state index is -3.64. The standard InChI is InChI=1S/C26H35N3O4S/c1-3-4-13-33-21-7-10-25(18(2)14-21)34(31,32)22-8-5-19(6-9-22)16-28-26(30)24-15-20-17-27-12-11-23(20)29-24/h5-10,14,20,23-24,27,29H,3-4,11-13,15-17H2,1-2H3,(H,28,30). The normalized spacial score (nSPS) is 22.2. The Hall–Kier alpha value is -2.42. The van der Waals surface area contributed by atoms with E-state index in [0.29, 0.717) is 36.4 Å². The Morgan fingerprint density at radius 1 is 1.18 bits per heavy atom. The van der Waals surface area contributed by atoms with Gasteiger partial charge in [-0.15, -0.1) is 0 Å². The maximum atomic E-state index is 13.2. The Bertz CT molecular complexity index is 1090. The van der Waals surface area contributed by atoms with Crippen LogP contribution in [0, 0.1) is 12.8 Å². The summed E-state index contributed by atoms with van der Waals surface area (Å²) in [4.78, 5) is 13.1. The Morgan fingerprint density at radius 2 is 1.97 bits per heavy atom. The molecule has 2 fully saturated rings. The van der Waals surface area contributed by atoms with Gasteiger partial charge >= 0.3 is 0 Å². The van der Waals surface area contributed by atoms with E-state index in [1.54, 1.807) is 49.4 Å². The summed E-state index contributed by atoms with van der Waals surface area (Å²) in [6.07, 6.45) is 3.91. The second kappa shape index (κ2) is 10.9. The molecule has 0 spiro atoms. The van der Waals surface area contributed by atoms with Crippen LogP contribution in [0.4, 0.5) is 0 Å². The van der Waals surface area contributed by atoms with E-state index in [9.17, 15) is 13.2 Å². The number of rotatable bonds is 9. The zero-order valence-electron chi connectivity index (χ0n) is 20.0. The number of sulfone groups is 1. The molecule has 0 saturated carbocycles. The topological polar surface area (TPSA) is 96.5 Å². The Kier molecular flexibility index (Phi) is 7.91. The largest absolute Gasteiger partial charge is 0.494 e. The number of benzene rings is 2. The number of carbonyl (C=O) groups excluding carboxylic acids is 1. The van der Waals surface area contributed by atoms with E-state index >= 15 is 0 Å². The first kappa shape index (κ1) is 24.7. The van der Waals surface area contributed by atoms with Gasteiger partial charge in [0.1, 0.15) is 5.75 Å². The SMILES string of the molecule is CCCCOc1ccc(S(=O)(=O)c2ccc(CNC(=O)C3CC4CNCCC4N3)cc2)c(C)c1. The molecule has 0 radical (unpaired) electrons. The summed E-state index contributed by atoms with van der Waals surface area (Å²) in [6, 6.07) is 12.1. The summed E-state index contributed by atoms with van der Waals surface area (Å²) in [5.41, 5.74) is 1.52. The van der Waals surface area contributed by atoms with Gasteiger partial charge in [0.05, 0.1) is 22.4 Å². The number of amides is 1. The number of nitrogens with one attached hydrogen (secondary N) is 3. The van der Waals surface area contributed by atoms with E-state index in [0.717, 1.165) is 44.3 Å². The molecular weight excluding hydrogens is 450 g/mol. The van der Waals surface area contributed by atoms with Crippen molar-refractivity contribution in [1.82, 2.24) is 16.0 Å². The van der Waals surface area contributed by atoms with E-state index in [1.807, 2.05) is 0 Å². The highest BCUT2D eigenvalue weighted by atomic mass is 32.2. The average Bonchev–Trinajstić information content (AvgIpc) is 3.27. The van der Waals surface area contributed by atoms with Gasteiger partial charge in [0.25, 0.3) is 0 Å². The number of aryl methyl sites for hydroxylation is 1. The third-order valence-electron chi connectivity index (χ3n) is 6.78.